The van der Waals surface area contributed by atoms with Gasteiger partial charge in [-0.2, -0.15) is 0 Å². The lowest BCUT2D eigenvalue weighted by atomic mass is 10.1. The number of anilines is 1. The molecule has 0 atom stereocenters. The van der Waals surface area contributed by atoms with Crippen LogP contribution < -0.4 is 5.73 Å². The number of benzene rings is 2. The van der Waals surface area contributed by atoms with E-state index in [9.17, 15) is 9.59 Å². The van der Waals surface area contributed by atoms with E-state index in [2.05, 4.69) is 0 Å². The van der Waals surface area contributed by atoms with Gasteiger partial charge in [-0.1, -0.05) is 35.9 Å². The summed E-state index contributed by atoms with van der Waals surface area (Å²) in [5, 5.41) is 0. The molecule has 4 nitrogen and oxygen atoms in total. The van der Waals surface area contributed by atoms with Crippen molar-refractivity contribution < 1.29 is 14.3 Å². The second-order valence-corrected chi connectivity index (χ2v) is 4.49. The number of esters is 1. The Kier molecular flexibility index (Phi) is 4.15. The number of hydrogen-bond acceptors (Lipinski definition) is 4. The average Bonchev–Trinajstić information content (AvgIpc) is 2.45. The molecule has 2 aromatic rings. The minimum atomic E-state index is -0.558. The van der Waals surface area contributed by atoms with E-state index in [0.717, 1.165) is 5.56 Å². The van der Waals surface area contributed by atoms with E-state index in [4.69, 9.17) is 10.5 Å². The molecule has 0 fully saturated rings. The fraction of sp³-hybridized carbons (Fsp3) is 0.125. The summed E-state index contributed by atoms with van der Waals surface area (Å²) in [5.74, 6) is -0.792. The van der Waals surface area contributed by atoms with Gasteiger partial charge in [0.25, 0.3) is 0 Å². The van der Waals surface area contributed by atoms with Crippen molar-refractivity contribution in [2.45, 2.75) is 6.92 Å². The molecule has 20 heavy (non-hydrogen) atoms. The zero-order chi connectivity index (χ0) is 14.5. The first kappa shape index (κ1) is 13.8. The number of ketones is 1. The normalized spacial score (nSPS) is 10.1. The molecular weight excluding hydrogens is 254 g/mol. The first-order chi connectivity index (χ1) is 9.56. The van der Waals surface area contributed by atoms with Crippen molar-refractivity contribution in [3.63, 3.8) is 0 Å². The molecular formula is C16H15NO3. The Morgan fingerprint density at radius 1 is 1.05 bits per heavy atom. The van der Waals surface area contributed by atoms with Crippen molar-refractivity contribution >= 4 is 17.4 Å². The van der Waals surface area contributed by atoms with Gasteiger partial charge in [0.05, 0.1) is 5.56 Å². The molecule has 0 aliphatic rings. The SMILES string of the molecule is Cc1ccc(C(=O)COC(=O)c2cccc(N)c2)cc1. The fourth-order valence-electron chi connectivity index (χ4n) is 1.70. The zero-order valence-corrected chi connectivity index (χ0v) is 11.1. The zero-order valence-electron chi connectivity index (χ0n) is 11.1. The van der Waals surface area contributed by atoms with Crippen LogP contribution in [0, 0.1) is 6.92 Å². The van der Waals surface area contributed by atoms with Crippen LogP contribution in [-0.4, -0.2) is 18.4 Å². The second kappa shape index (κ2) is 6.02. The molecule has 0 amide bonds. The smallest absolute Gasteiger partial charge is 0.338 e. The fourth-order valence-corrected chi connectivity index (χ4v) is 1.70. The summed E-state index contributed by atoms with van der Waals surface area (Å²) < 4.78 is 4.99. The van der Waals surface area contributed by atoms with E-state index in [0.29, 0.717) is 16.8 Å². The number of rotatable bonds is 4. The highest BCUT2D eigenvalue weighted by molar-refractivity contribution is 5.99. The molecule has 0 aliphatic heterocycles. The Morgan fingerprint density at radius 2 is 1.75 bits per heavy atom. The van der Waals surface area contributed by atoms with Crippen LogP contribution in [0.1, 0.15) is 26.3 Å². The van der Waals surface area contributed by atoms with Gasteiger partial charge in [-0.25, -0.2) is 4.79 Å². The number of aryl methyl sites for hydroxylation is 1. The molecule has 0 heterocycles. The Balaban J connectivity index is 1.96. The molecule has 0 aliphatic carbocycles. The van der Waals surface area contributed by atoms with Crippen LogP contribution in [0.3, 0.4) is 0 Å². The van der Waals surface area contributed by atoms with Gasteiger partial charge in [0.15, 0.2) is 12.4 Å². The van der Waals surface area contributed by atoms with Crippen molar-refractivity contribution in [1.29, 1.82) is 0 Å². The summed E-state index contributed by atoms with van der Waals surface area (Å²) >= 11 is 0. The largest absolute Gasteiger partial charge is 0.454 e. The van der Waals surface area contributed by atoms with Crippen LogP contribution in [0.15, 0.2) is 48.5 Å². The number of hydrogen-bond donors (Lipinski definition) is 1. The predicted octanol–water partition coefficient (Wildman–Crippen LogP) is 2.62. The first-order valence-corrected chi connectivity index (χ1v) is 6.19. The van der Waals surface area contributed by atoms with Crippen LogP contribution in [0.4, 0.5) is 5.69 Å². The maximum absolute atomic E-state index is 11.9. The molecule has 102 valence electrons. The topological polar surface area (TPSA) is 69.4 Å². The average molecular weight is 269 g/mol. The highest BCUT2D eigenvalue weighted by atomic mass is 16.5. The molecule has 0 bridgehead atoms. The van der Waals surface area contributed by atoms with Gasteiger partial charge in [-0.05, 0) is 25.1 Å². The summed E-state index contributed by atoms with van der Waals surface area (Å²) in [6.45, 7) is 1.66. The number of nitrogens with two attached hydrogens (primary N) is 1. The second-order valence-electron chi connectivity index (χ2n) is 4.49. The number of nitrogen functional groups attached to an aromatic ring is 1. The van der Waals surface area contributed by atoms with Crippen LogP contribution in [0.25, 0.3) is 0 Å². The molecule has 0 saturated heterocycles. The van der Waals surface area contributed by atoms with Crippen molar-refractivity contribution in [3.05, 3.63) is 65.2 Å². The third kappa shape index (κ3) is 3.45. The summed E-state index contributed by atoms with van der Waals surface area (Å²) in [6.07, 6.45) is 0. The molecule has 0 aromatic heterocycles. The van der Waals surface area contributed by atoms with Gasteiger partial charge in [0.2, 0.25) is 0 Å². The Bertz CT molecular complexity index is 632. The molecule has 2 N–H and O–H groups in total. The monoisotopic (exact) mass is 269 g/mol. The lowest BCUT2D eigenvalue weighted by Crippen LogP contribution is -2.14. The lowest BCUT2D eigenvalue weighted by molar-refractivity contribution is 0.0475. The lowest BCUT2D eigenvalue weighted by Gasteiger charge is -2.05. The van der Waals surface area contributed by atoms with Crippen LogP contribution in [-0.2, 0) is 4.74 Å². The number of ether oxygens (including phenoxy) is 1. The van der Waals surface area contributed by atoms with Crippen molar-refractivity contribution in [2.75, 3.05) is 12.3 Å². The Morgan fingerprint density at radius 3 is 2.40 bits per heavy atom. The van der Waals surface area contributed by atoms with E-state index < -0.39 is 5.97 Å². The predicted molar refractivity (Wildman–Crippen MR) is 76.6 cm³/mol. The maximum Gasteiger partial charge on any atom is 0.338 e. The molecule has 0 spiro atoms. The third-order valence-corrected chi connectivity index (χ3v) is 2.83. The number of Topliss-reactive ketones (excluding diaryl/α,β-unsaturated/α-hetero) is 1. The number of carbonyl (C=O) groups excluding carboxylic acids is 2. The molecule has 2 aromatic carbocycles. The minimum Gasteiger partial charge on any atom is -0.454 e. The molecule has 2 rings (SSSR count). The van der Waals surface area contributed by atoms with Crippen molar-refractivity contribution in [1.82, 2.24) is 0 Å². The van der Waals surface area contributed by atoms with Gasteiger partial charge < -0.3 is 10.5 Å². The van der Waals surface area contributed by atoms with Crippen LogP contribution >= 0.6 is 0 Å². The molecule has 4 heteroatoms. The molecule has 0 saturated carbocycles. The molecule has 0 radical (unpaired) electrons. The first-order valence-electron chi connectivity index (χ1n) is 6.19. The van der Waals surface area contributed by atoms with Gasteiger partial charge in [-0.3, -0.25) is 4.79 Å². The van der Waals surface area contributed by atoms with E-state index in [-0.39, 0.29) is 12.4 Å². The van der Waals surface area contributed by atoms with Crippen molar-refractivity contribution in [3.8, 4) is 0 Å². The van der Waals surface area contributed by atoms with Crippen LogP contribution in [0.5, 0.6) is 0 Å². The Hall–Kier alpha value is -2.62. The maximum atomic E-state index is 11.9. The summed E-state index contributed by atoms with van der Waals surface area (Å²) in [7, 11) is 0. The van der Waals surface area contributed by atoms with E-state index >= 15 is 0 Å². The van der Waals surface area contributed by atoms with E-state index in [1.165, 1.54) is 6.07 Å². The molecule has 0 unspecified atom stereocenters. The summed E-state index contributed by atoms with van der Waals surface area (Å²) in [4.78, 5) is 23.6. The van der Waals surface area contributed by atoms with Gasteiger partial charge >= 0.3 is 5.97 Å². The van der Waals surface area contributed by atoms with E-state index in [1.807, 2.05) is 19.1 Å². The van der Waals surface area contributed by atoms with E-state index in [1.54, 1.807) is 30.3 Å². The summed E-state index contributed by atoms with van der Waals surface area (Å²) in [5.41, 5.74) is 7.99. The Labute approximate surface area is 117 Å². The number of carbonyl (C=O) groups is 2. The minimum absolute atomic E-state index is 0.234. The van der Waals surface area contributed by atoms with Crippen molar-refractivity contribution in [2.24, 2.45) is 0 Å². The standard InChI is InChI=1S/C16H15NO3/c1-11-5-7-12(8-6-11)15(18)10-20-16(19)13-3-2-4-14(17)9-13/h2-9H,10,17H2,1H3. The van der Waals surface area contributed by atoms with Gasteiger partial charge in [-0.15, -0.1) is 0 Å². The summed E-state index contributed by atoms with van der Waals surface area (Å²) in [6, 6.07) is 13.5. The third-order valence-electron chi connectivity index (χ3n) is 2.83. The van der Waals surface area contributed by atoms with Gasteiger partial charge in [0.1, 0.15) is 0 Å². The quantitative estimate of drug-likeness (QED) is 0.526. The van der Waals surface area contributed by atoms with Crippen LogP contribution in [0.2, 0.25) is 0 Å². The highest BCUT2D eigenvalue weighted by Crippen LogP contribution is 2.09. The van der Waals surface area contributed by atoms with Gasteiger partial charge in [0, 0.05) is 11.3 Å². The highest BCUT2D eigenvalue weighted by Gasteiger charge is 2.11.